The number of nitrogens with two attached hydrogens (primary N) is 1. The van der Waals surface area contributed by atoms with Crippen molar-refractivity contribution < 1.29 is 4.79 Å². The first-order valence-corrected chi connectivity index (χ1v) is 9.07. The van der Waals surface area contributed by atoms with Crippen LogP contribution in [0.2, 0.25) is 0 Å². The predicted octanol–water partition coefficient (Wildman–Crippen LogP) is 3.30. The molecule has 5 nitrogen and oxygen atoms in total. The first-order valence-electron chi connectivity index (χ1n) is 9.07. The molecule has 2 heterocycles. The molecule has 1 aromatic carbocycles. The van der Waals surface area contributed by atoms with Crippen LogP contribution in [0.4, 0.5) is 0 Å². The zero-order valence-corrected chi connectivity index (χ0v) is 14.6. The zero-order chi connectivity index (χ0) is 17.9. The van der Waals surface area contributed by atoms with Gasteiger partial charge in [0.25, 0.3) is 5.91 Å². The lowest BCUT2D eigenvalue weighted by Gasteiger charge is -2.27. The van der Waals surface area contributed by atoms with E-state index in [0.717, 1.165) is 47.8 Å². The fourth-order valence-electron chi connectivity index (χ4n) is 3.55. The summed E-state index contributed by atoms with van der Waals surface area (Å²) in [5.74, 6) is -0.0470. The molecule has 26 heavy (non-hydrogen) atoms. The second-order valence-corrected chi connectivity index (χ2v) is 6.90. The molecule has 3 N–H and O–H groups in total. The third kappa shape index (κ3) is 3.44. The number of carbonyl (C=O) groups excluding carboxylic acids is 1. The molecule has 1 aliphatic rings. The van der Waals surface area contributed by atoms with Gasteiger partial charge in [0, 0.05) is 35.4 Å². The Balaban J connectivity index is 1.70. The van der Waals surface area contributed by atoms with Gasteiger partial charge in [0.05, 0.1) is 16.8 Å². The van der Waals surface area contributed by atoms with E-state index in [-0.39, 0.29) is 18.0 Å². The number of para-hydroxylation sites is 1. The van der Waals surface area contributed by atoms with Crippen LogP contribution in [0.15, 0.2) is 54.9 Å². The maximum Gasteiger partial charge on any atom is 0.252 e. The third-order valence-corrected chi connectivity index (χ3v) is 5.03. The van der Waals surface area contributed by atoms with Crippen LogP contribution in [0.5, 0.6) is 0 Å². The average molecular weight is 346 g/mol. The Morgan fingerprint density at radius 1 is 1.08 bits per heavy atom. The van der Waals surface area contributed by atoms with E-state index in [2.05, 4.69) is 10.3 Å². The molecule has 3 aromatic rings. The van der Waals surface area contributed by atoms with Crippen molar-refractivity contribution >= 4 is 16.8 Å². The molecule has 0 bridgehead atoms. The zero-order valence-electron chi connectivity index (χ0n) is 14.6. The van der Waals surface area contributed by atoms with Gasteiger partial charge in [-0.25, -0.2) is 4.98 Å². The molecule has 0 saturated heterocycles. The highest BCUT2D eigenvalue weighted by atomic mass is 16.1. The van der Waals surface area contributed by atoms with Crippen LogP contribution in [0.1, 0.15) is 36.0 Å². The van der Waals surface area contributed by atoms with Gasteiger partial charge in [-0.05, 0) is 49.9 Å². The number of aromatic nitrogens is 2. The van der Waals surface area contributed by atoms with Crippen LogP contribution in [0.3, 0.4) is 0 Å². The highest BCUT2D eigenvalue weighted by Crippen LogP contribution is 2.25. The Labute approximate surface area is 152 Å². The summed E-state index contributed by atoms with van der Waals surface area (Å²) in [4.78, 5) is 21.9. The summed E-state index contributed by atoms with van der Waals surface area (Å²) in [7, 11) is 0. The van der Waals surface area contributed by atoms with E-state index in [1.807, 2.05) is 42.5 Å². The van der Waals surface area contributed by atoms with Crippen LogP contribution < -0.4 is 11.1 Å². The Bertz CT molecular complexity index is 918. The molecular weight excluding hydrogens is 324 g/mol. The van der Waals surface area contributed by atoms with Gasteiger partial charge in [-0.1, -0.05) is 18.2 Å². The summed E-state index contributed by atoms with van der Waals surface area (Å²) in [5, 5.41) is 4.05. The molecule has 0 radical (unpaired) electrons. The van der Waals surface area contributed by atoms with Gasteiger partial charge < -0.3 is 11.1 Å². The van der Waals surface area contributed by atoms with E-state index in [9.17, 15) is 4.79 Å². The third-order valence-electron chi connectivity index (χ3n) is 5.03. The van der Waals surface area contributed by atoms with Crippen LogP contribution in [0.25, 0.3) is 22.2 Å². The molecule has 2 aromatic heterocycles. The smallest absolute Gasteiger partial charge is 0.252 e. The van der Waals surface area contributed by atoms with E-state index in [1.165, 1.54) is 0 Å². The van der Waals surface area contributed by atoms with Gasteiger partial charge in [-0.15, -0.1) is 0 Å². The topological polar surface area (TPSA) is 80.9 Å². The number of benzene rings is 1. The number of hydrogen-bond acceptors (Lipinski definition) is 4. The number of rotatable bonds is 3. The average Bonchev–Trinajstić information content (AvgIpc) is 2.69. The van der Waals surface area contributed by atoms with Gasteiger partial charge in [0.1, 0.15) is 0 Å². The summed E-state index contributed by atoms with van der Waals surface area (Å²) in [6, 6.07) is 13.9. The highest BCUT2D eigenvalue weighted by Gasteiger charge is 2.22. The van der Waals surface area contributed by atoms with Crippen molar-refractivity contribution in [3.63, 3.8) is 0 Å². The highest BCUT2D eigenvalue weighted by molar-refractivity contribution is 6.07. The molecule has 1 fully saturated rings. The minimum absolute atomic E-state index is 0.0470. The predicted molar refractivity (Wildman–Crippen MR) is 103 cm³/mol. The van der Waals surface area contributed by atoms with Crippen LogP contribution in [-0.2, 0) is 0 Å². The van der Waals surface area contributed by atoms with Crippen molar-refractivity contribution in [3.8, 4) is 11.3 Å². The summed E-state index contributed by atoms with van der Waals surface area (Å²) < 4.78 is 0. The van der Waals surface area contributed by atoms with Crippen LogP contribution in [0, 0.1) is 0 Å². The molecule has 132 valence electrons. The second kappa shape index (κ2) is 7.22. The van der Waals surface area contributed by atoms with E-state index < -0.39 is 0 Å². The van der Waals surface area contributed by atoms with Gasteiger partial charge in [-0.3, -0.25) is 9.78 Å². The molecule has 1 saturated carbocycles. The van der Waals surface area contributed by atoms with E-state index in [1.54, 1.807) is 12.4 Å². The number of carbonyl (C=O) groups is 1. The van der Waals surface area contributed by atoms with Gasteiger partial charge in [-0.2, -0.15) is 0 Å². The normalized spacial score (nSPS) is 20.0. The van der Waals surface area contributed by atoms with Crippen molar-refractivity contribution in [3.05, 3.63) is 60.4 Å². The number of amides is 1. The van der Waals surface area contributed by atoms with Crippen molar-refractivity contribution in [2.24, 2.45) is 5.73 Å². The number of fused-ring (bicyclic) bond motifs is 1. The molecule has 0 aliphatic heterocycles. The maximum atomic E-state index is 13.0. The van der Waals surface area contributed by atoms with E-state index in [4.69, 9.17) is 10.7 Å². The largest absolute Gasteiger partial charge is 0.349 e. The number of nitrogens with one attached hydrogen (secondary N) is 1. The lowest BCUT2D eigenvalue weighted by atomic mass is 9.91. The molecule has 1 amide bonds. The minimum atomic E-state index is -0.0470. The first-order chi connectivity index (χ1) is 12.7. The Hall–Kier alpha value is -2.79. The monoisotopic (exact) mass is 346 g/mol. The van der Waals surface area contributed by atoms with Gasteiger partial charge >= 0.3 is 0 Å². The van der Waals surface area contributed by atoms with E-state index >= 15 is 0 Å². The maximum absolute atomic E-state index is 13.0. The summed E-state index contributed by atoms with van der Waals surface area (Å²) in [6.07, 6.45) is 7.29. The first kappa shape index (κ1) is 16.7. The lowest BCUT2D eigenvalue weighted by Crippen LogP contribution is -2.40. The molecule has 0 spiro atoms. The fourth-order valence-corrected chi connectivity index (χ4v) is 3.55. The van der Waals surface area contributed by atoms with Crippen LogP contribution >= 0.6 is 0 Å². The molecular formula is C21H22N4O. The molecule has 4 rings (SSSR count). The Kier molecular flexibility index (Phi) is 4.63. The minimum Gasteiger partial charge on any atom is -0.349 e. The molecule has 5 heteroatoms. The number of pyridine rings is 2. The lowest BCUT2D eigenvalue weighted by molar-refractivity contribution is 0.0927. The van der Waals surface area contributed by atoms with Crippen molar-refractivity contribution in [2.75, 3.05) is 0 Å². The fraction of sp³-hybridized carbons (Fsp3) is 0.286. The SMILES string of the molecule is NC1CCC(NC(=O)c2cc(-c3cccnc3)nc3ccccc23)CC1. The van der Waals surface area contributed by atoms with Gasteiger partial charge in [0.15, 0.2) is 0 Å². The summed E-state index contributed by atoms with van der Waals surface area (Å²) in [5.41, 5.74) is 9.09. The Morgan fingerprint density at radius 3 is 2.65 bits per heavy atom. The molecule has 0 unspecified atom stereocenters. The Morgan fingerprint density at radius 2 is 1.88 bits per heavy atom. The van der Waals surface area contributed by atoms with Crippen molar-refractivity contribution in [2.45, 2.75) is 37.8 Å². The van der Waals surface area contributed by atoms with Crippen LogP contribution in [-0.4, -0.2) is 28.0 Å². The quantitative estimate of drug-likeness (QED) is 0.762. The standard InChI is InChI=1S/C21H22N4O/c22-15-7-9-16(10-8-15)24-21(26)18-12-20(14-4-3-11-23-13-14)25-19-6-2-1-5-17(18)19/h1-6,11-13,15-16H,7-10,22H2,(H,24,26). The van der Waals surface area contributed by atoms with Gasteiger partial charge in [0.2, 0.25) is 0 Å². The number of hydrogen-bond donors (Lipinski definition) is 2. The molecule has 0 atom stereocenters. The van der Waals surface area contributed by atoms with E-state index in [0.29, 0.717) is 5.56 Å². The summed E-state index contributed by atoms with van der Waals surface area (Å²) in [6.45, 7) is 0. The molecule has 1 aliphatic carbocycles. The second-order valence-electron chi connectivity index (χ2n) is 6.90. The number of nitrogens with zero attached hydrogens (tertiary/aromatic N) is 2. The van der Waals surface area contributed by atoms with Crippen molar-refractivity contribution in [1.29, 1.82) is 0 Å². The summed E-state index contributed by atoms with van der Waals surface area (Å²) >= 11 is 0. The van der Waals surface area contributed by atoms with Crippen molar-refractivity contribution in [1.82, 2.24) is 15.3 Å².